The Labute approximate surface area is 96.7 Å². The third-order valence-corrected chi connectivity index (χ3v) is 3.61. The van der Waals surface area contributed by atoms with Crippen molar-refractivity contribution < 1.29 is 9.47 Å². The molecule has 15 heavy (non-hydrogen) atoms. The molecule has 4 heteroatoms. The van der Waals surface area contributed by atoms with Crippen LogP contribution in [0.15, 0.2) is 16.6 Å². The second kappa shape index (κ2) is 3.12. The van der Waals surface area contributed by atoms with Gasteiger partial charge in [-0.1, -0.05) is 15.9 Å². The standard InChI is InChI=1S/C11H12BrNO2/c12-8-6-10-9(14-3-4-15-10)5-7(8)11(13)1-2-11/h5-6H,1-4,13H2. The lowest BCUT2D eigenvalue weighted by atomic mass is 10.1. The van der Waals surface area contributed by atoms with Gasteiger partial charge in [-0.05, 0) is 30.5 Å². The van der Waals surface area contributed by atoms with Crippen LogP contribution in [-0.2, 0) is 5.54 Å². The van der Waals surface area contributed by atoms with E-state index in [9.17, 15) is 0 Å². The summed E-state index contributed by atoms with van der Waals surface area (Å²) in [7, 11) is 0. The summed E-state index contributed by atoms with van der Waals surface area (Å²) in [4.78, 5) is 0. The Morgan fingerprint density at radius 1 is 1.13 bits per heavy atom. The van der Waals surface area contributed by atoms with E-state index in [1.54, 1.807) is 0 Å². The molecule has 0 amide bonds. The van der Waals surface area contributed by atoms with Crippen LogP contribution in [0.25, 0.3) is 0 Å². The van der Waals surface area contributed by atoms with Crippen molar-refractivity contribution in [3.8, 4) is 11.5 Å². The van der Waals surface area contributed by atoms with E-state index in [1.165, 1.54) is 0 Å². The number of halogens is 1. The van der Waals surface area contributed by atoms with E-state index in [0.717, 1.165) is 34.4 Å². The van der Waals surface area contributed by atoms with Crippen LogP contribution in [0.3, 0.4) is 0 Å². The number of ether oxygens (including phenoxy) is 2. The van der Waals surface area contributed by atoms with Gasteiger partial charge in [0.05, 0.1) is 0 Å². The Hall–Kier alpha value is -0.740. The monoisotopic (exact) mass is 269 g/mol. The van der Waals surface area contributed by atoms with Crippen LogP contribution in [0.1, 0.15) is 18.4 Å². The van der Waals surface area contributed by atoms with E-state index in [4.69, 9.17) is 15.2 Å². The molecule has 3 rings (SSSR count). The zero-order valence-corrected chi connectivity index (χ0v) is 9.84. The molecule has 0 unspecified atom stereocenters. The fourth-order valence-corrected chi connectivity index (χ4v) is 2.57. The lowest BCUT2D eigenvalue weighted by Crippen LogP contribution is -2.21. The van der Waals surface area contributed by atoms with Crippen molar-refractivity contribution in [2.75, 3.05) is 13.2 Å². The van der Waals surface area contributed by atoms with Crippen molar-refractivity contribution in [3.05, 3.63) is 22.2 Å². The lowest BCUT2D eigenvalue weighted by Gasteiger charge is -2.21. The Kier molecular flexibility index (Phi) is 1.97. The lowest BCUT2D eigenvalue weighted by molar-refractivity contribution is 0.171. The number of fused-ring (bicyclic) bond motifs is 1. The molecule has 1 heterocycles. The van der Waals surface area contributed by atoms with Crippen molar-refractivity contribution in [1.82, 2.24) is 0 Å². The van der Waals surface area contributed by atoms with Gasteiger partial charge >= 0.3 is 0 Å². The van der Waals surface area contributed by atoms with Crippen molar-refractivity contribution in [1.29, 1.82) is 0 Å². The zero-order valence-electron chi connectivity index (χ0n) is 8.25. The van der Waals surface area contributed by atoms with Gasteiger partial charge in [0.1, 0.15) is 13.2 Å². The highest BCUT2D eigenvalue weighted by Gasteiger charge is 2.42. The second-order valence-corrected chi connectivity index (χ2v) is 4.99. The molecular weight excluding hydrogens is 258 g/mol. The number of benzene rings is 1. The molecule has 1 aliphatic carbocycles. The molecule has 1 aliphatic heterocycles. The summed E-state index contributed by atoms with van der Waals surface area (Å²) in [5, 5.41) is 0. The van der Waals surface area contributed by atoms with Crippen LogP contribution in [0.4, 0.5) is 0 Å². The summed E-state index contributed by atoms with van der Waals surface area (Å²) in [5.41, 5.74) is 7.16. The SMILES string of the molecule is NC1(c2cc3c(cc2Br)OCCO3)CC1. The Bertz CT molecular complexity index is 415. The number of nitrogens with two attached hydrogens (primary N) is 1. The van der Waals surface area contributed by atoms with Crippen LogP contribution in [0.2, 0.25) is 0 Å². The van der Waals surface area contributed by atoms with E-state index in [2.05, 4.69) is 15.9 Å². The Morgan fingerprint density at radius 2 is 1.73 bits per heavy atom. The minimum Gasteiger partial charge on any atom is -0.486 e. The van der Waals surface area contributed by atoms with E-state index < -0.39 is 0 Å². The minimum atomic E-state index is -0.144. The first kappa shape index (κ1) is 9.48. The molecule has 0 aromatic heterocycles. The molecule has 0 spiro atoms. The fourth-order valence-electron chi connectivity index (χ4n) is 1.85. The number of hydrogen-bond acceptors (Lipinski definition) is 3. The van der Waals surface area contributed by atoms with Gasteiger partial charge in [-0.2, -0.15) is 0 Å². The average Bonchev–Trinajstić information content (AvgIpc) is 2.96. The molecule has 0 saturated heterocycles. The van der Waals surface area contributed by atoms with Gasteiger partial charge in [0.2, 0.25) is 0 Å². The second-order valence-electron chi connectivity index (χ2n) is 4.13. The van der Waals surface area contributed by atoms with Crippen LogP contribution in [0.5, 0.6) is 11.5 Å². The van der Waals surface area contributed by atoms with Gasteiger partial charge in [-0.3, -0.25) is 0 Å². The molecule has 2 aliphatic rings. The molecule has 3 nitrogen and oxygen atoms in total. The van der Waals surface area contributed by atoms with E-state index in [1.807, 2.05) is 12.1 Å². The fraction of sp³-hybridized carbons (Fsp3) is 0.455. The van der Waals surface area contributed by atoms with Crippen molar-refractivity contribution >= 4 is 15.9 Å². The number of hydrogen-bond donors (Lipinski definition) is 1. The largest absolute Gasteiger partial charge is 0.486 e. The Balaban J connectivity index is 2.08. The summed E-state index contributed by atoms with van der Waals surface area (Å²) >= 11 is 3.54. The zero-order chi connectivity index (χ0) is 10.5. The van der Waals surface area contributed by atoms with Crippen LogP contribution in [-0.4, -0.2) is 13.2 Å². The van der Waals surface area contributed by atoms with E-state index in [-0.39, 0.29) is 5.54 Å². The molecule has 1 fully saturated rings. The molecule has 0 radical (unpaired) electrons. The van der Waals surface area contributed by atoms with Crippen LogP contribution < -0.4 is 15.2 Å². The molecule has 1 aromatic carbocycles. The first-order chi connectivity index (χ1) is 7.19. The van der Waals surface area contributed by atoms with Gasteiger partial charge in [0.25, 0.3) is 0 Å². The first-order valence-corrected chi connectivity index (χ1v) is 5.87. The van der Waals surface area contributed by atoms with E-state index in [0.29, 0.717) is 13.2 Å². The van der Waals surface area contributed by atoms with Gasteiger partial charge in [0.15, 0.2) is 11.5 Å². The van der Waals surface area contributed by atoms with Gasteiger partial charge in [0, 0.05) is 10.0 Å². The summed E-state index contributed by atoms with van der Waals surface area (Å²) in [6, 6.07) is 3.96. The van der Waals surface area contributed by atoms with E-state index >= 15 is 0 Å². The molecule has 80 valence electrons. The molecule has 0 bridgehead atoms. The summed E-state index contributed by atoms with van der Waals surface area (Å²) in [6.07, 6.45) is 2.09. The Morgan fingerprint density at radius 3 is 2.33 bits per heavy atom. The summed E-state index contributed by atoms with van der Waals surface area (Å²) < 4.78 is 12.1. The minimum absolute atomic E-state index is 0.144. The third-order valence-electron chi connectivity index (χ3n) is 2.96. The van der Waals surface area contributed by atoms with Gasteiger partial charge in [-0.15, -0.1) is 0 Å². The van der Waals surface area contributed by atoms with Crippen molar-refractivity contribution in [2.45, 2.75) is 18.4 Å². The maximum absolute atomic E-state index is 6.18. The average molecular weight is 270 g/mol. The topological polar surface area (TPSA) is 44.5 Å². The van der Waals surface area contributed by atoms with Crippen LogP contribution >= 0.6 is 15.9 Å². The molecule has 2 N–H and O–H groups in total. The first-order valence-electron chi connectivity index (χ1n) is 5.08. The van der Waals surface area contributed by atoms with Gasteiger partial charge < -0.3 is 15.2 Å². The highest BCUT2D eigenvalue weighted by Crippen LogP contribution is 2.48. The molecule has 1 aromatic rings. The smallest absolute Gasteiger partial charge is 0.162 e. The maximum atomic E-state index is 6.18. The number of rotatable bonds is 1. The maximum Gasteiger partial charge on any atom is 0.162 e. The molecule has 1 saturated carbocycles. The van der Waals surface area contributed by atoms with Crippen molar-refractivity contribution in [3.63, 3.8) is 0 Å². The van der Waals surface area contributed by atoms with Crippen molar-refractivity contribution in [2.24, 2.45) is 5.73 Å². The predicted octanol–water partition coefficient (Wildman–Crippen LogP) is 2.17. The third kappa shape index (κ3) is 1.52. The molecule has 0 atom stereocenters. The summed E-state index contributed by atoms with van der Waals surface area (Å²) in [5.74, 6) is 1.62. The quantitative estimate of drug-likeness (QED) is 0.850. The highest BCUT2D eigenvalue weighted by atomic mass is 79.9. The summed E-state index contributed by atoms with van der Waals surface area (Å²) in [6.45, 7) is 1.23. The van der Waals surface area contributed by atoms with Gasteiger partial charge in [-0.25, -0.2) is 0 Å². The molecular formula is C11H12BrNO2. The highest BCUT2D eigenvalue weighted by molar-refractivity contribution is 9.10. The predicted molar refractivity (Wildman–Crippen MR) is 60.2 cm³/mol. The normalized spacial score (nSPS) is 21.2. The van der Waals surface area contributed by atoms with Crippen LogP contribution in [0, 0.1) is 0 Å².